The van der Waals surface area contributed by atoms with Gasteiger partial charge in [-0.05, 0) is 57.0 Å². The fraction of sp³-hybridized carbons (Fsp3) is 0.531. The number of amides is 1. The molecule has 1 aromatic carbocycles. The second-order valence-corrected chi connectivity index (χ2v) is 11.4. The van der Waals surface area contributed by atoms with Crippen LogP contribution in [0.4, 0.5) is 5.82 Å². The Bertz CT molecular complexity index is 1390. The molecule has 10 nitrogen and oxygen atoms in total. The third-order valence-corrected chi connectivity index (χ3v) is 8.69. The molecule has 1 aromatic heterocycles. The van der Waals surface area contributed by atoms with Crippen LogP contribution in [0.1, 0.15) is 58.9 Å². The van der Waals surface area contributed by atoms with Crippen LogP contribution in [-0.4, -0.2) is 89.5 Å². The van der Waals surface area contributed by atoms with Gasteiger partial charge in [0, 0.05) is 37.7 Å². The molecule has 0 aliphatic carbocycles. The highest BCUT2D eigenvalue weighted by Gasteiger charge is 2.35. The van der Waals surface area contributed by atoms with Crippen LogP contribution in [0.5, 0.6) is 6.01 Å². The van der Waals surface area contributed by atoms with Crippen molar-refractivity contribution in [1.82, 2.24) is 19.8 Å². The highest BCUT2D eigenvalue weighted by molar-refractivity contribution is 6.00. The molecule has 0 radical (unpaired) electrons. The number of ether oxygens (including phenoxy) is 2. The number of aryl methyl sites for hydroxylation is 1. The molecular formula is C32H40N6O4. The van der Waals surface area contributed by atoms with E-state index < -0.39 is 6.10 Å². The van der Waals surface area contributed by atoms with Crippen LogP contribution in [0.3, 0.4) is 0 Å². The smallest absolute Gasteiger partial charge is 0.319 e. The predicted octanol–water partition coefficient (Wildman–Crippen LogP) is 3.26. The fourth-order valence-electron chi connectivity index (χ4n) is 6.26. The first-order chi connectivity index (χ1) is 20.3. The molecule has 3 aliphatic heterocycles. The maximum Gasteiger partial charge on any atom is 0.319 e. The highest BCUT2D eigenvalue weighted by atomic mass is 16.5. The van der Waals surface area contributed by atoms with Gasteiger partial charge in [0.25, 0.3) is 0 Å². The van der Waals surface area contributed by atoms with Gasteiger partial charge in [-0.15, -0.1) is 0 Å². The molecule has 2 fully saturated rings. The number of hydrogen-bond donors (Lipinski definition) is 0. The number of hydrogen-bond acceptors (Lipinski definition) is 9. The van der Waals surface area contributed by atoms with E-state index in [9.17, 15) is 14.9 Å². The van der Waals surface area contributed by atoms with Gasteiger partial charge < -0.3 is 24.2 Å². The number of anilines is 1. The van der Waals surface area contributed by atoms with Gasteiger partial charge in [0.15, 0.2) is 0 Å². The fourth-order valence-corrected chi connectivity index (χ4v) is 6.26. The van der Waals surface area contributed by atoms with Crippen molar-refractivity contribution in [2.75, 3.05) is 44.7 Å². The molecule has 2 aromatic rings. The van der Waals surface area contributed by atoms with Gasteiger partial charge in [-0.2, -0.15) is 15.2 Å². The standard InChI is InChI=1S/C32H40N6O4/c1-5-26-29(30(40)27-17-23-16-21(3)9-10-22(23)19-41-27)34-32(42-20-25-8-7-13-36(25)4)35-31(26)37-14-15-38(28(39)6-2)24(18-37)11-12-33/h6,9-10,16,24-25,27H,2,5,7-8,11,13-15,17-20H2,1,3-4H3/t24?,25?,27-/m1/s1. The first-order valence-electron chi connectivity index (χ1n) is 14.9. The van der Waals surface area contributed by atoms with Gasteiger partial charge in [0.05, 0.1) is 25.1 Å². The molecule has 0 bridgehead atoms. The summed E-state index contributed by atoms with van der Waals surface area (Å²) in [5.74, 6) is 0.240. The number of benzene rings is 1. The van der Waals surface area contributed by atoms with Crippen molar-refractivity contribution >= 4 is 17.5 Å². The third kappa shape index (κ3) is 6.18. The van der Waals surface area contributed by atoms with E-state index in [1.807, 2.05) is 13.8 Å². The van der Waals surface area contributed by atoms with E-state index in [4.69, 9.17) is 19.4 Å². The maximum atomic E-state index is 14.1. The lowest BCUT2D eigenvalue weighted by Gasteiger charge is -2.41. The second-order valence-electron chi connectivity index (χ2n) is 11.4. The Kier molecular flexibility index (Phi) is 9.19. The second kappa shape index (κ2) is 13.0. The number of piperazine rings is 1. The van der Waals surface area contributed by atoms with E-state index in [-0.39, 0.29) is 36.2 Å². The molecule has 1 amide bonds. The Morgan fingerprint density at radius 1 is 1.21 bits per heavy atom. The van der Waals surface area contributed by atoms with E-state index in [0.717, 1.165) is 41.6 Å². The largest absolute Gasteiger partial charge is 0.462 e. The van der Waals surface area contributed by atoms with Crippen LogP contribution in [0.15, 0.2) is 30.9 Å². The lowest BCUT2D eigenvalue weighted by Crippen LogP contribution is -2.55. The number of Topliss-reactive ketones (excluding diaryl/α,β-unsaturated/α-hetero) is 1. The number of fused-ring (bicyclic) bond motifs is 1. The van der Waals surface area contributed by atoms with Gasteiger partial charge in [-0.1, -0.05) is 37.3 Å². The van der Waals surface area contributed by atoms with E-state index in [2.05, 4.69) is 47.7 Å². The number of carbonyl (C=O) groups excluding carboxylic acids is 2. The lowest BCUT2D eigenvalue weighted by atomic mass is 9.93. The minimum atomic E-state index is -0.658. The molecule has 2 saturated heterocycles. The quantitative estimate of drug-likeness (QED) is 0.330. The topological polar surface area (TPSA) is 112 Å². The molecule has 0 N–H and O–H groups in total. The number of rotatable bonds is 9. The van der Waals surface area contributed by atoms with Crippen LogP contribution < -0.4 is 9.64 Å². The van der Waals surface area contributed by atoms with Gasteiger partial charge >= 0.3 is 6.01 Å². The highest BCUT2D eigenvalue weighted by Crippen LogP contribution is 2.31. The van der Waals surface area contributed by atoms with Crippen LogP contribution in [-0.2, 0) is 29.0 Å². The summed E-state index contributed by atoms with van der Waals surface area (Å²) < 4.78 is 12.3. The van der Waals surface area contributed by atoms with Crippen LogP contribution in [0, 0.1) is 18.3 Å². The summed E-state index contributed by atoms with van der Waals surface area (Å²) in [4.78, 5) is 42.2. The summed E-state index contributed by atoms with van der Waals surface area (Å²) in [6, 6.07) is 8.55. The van der Waals surface area contributed by atoms with E-state index in [1.54, 1.807) is 4.90 Å². The molecule has 222 valence electrons. The molecule has 3 atom stereocenters. The van der Waals surface area contributed by atoms with Crippen LogP contribution in [0.2, 0.25) is 0 Å². The molecule has 4 heterocycles. The normalized spacial score (nSPS) is 22.4. The Balaban J connectivity index is 1.49. The molecule has 10 heteroatoms. The number of aromatic nitrogens is 2. The Hall–Kier alpha value is -3.81. The zero-order valence-electron chi connectivity index (χ0n) is 24.8. The van der Waals surface area contributed by atoms with Crippen LogP contribution >= 0.6 is 0 Å². The van der Waals surface area contributed by atoms with Crippen molar-refractivity contribution in [2.45, 2.75) is 70.7 Å². The zero-order chi connectivity index (χ0) is 29.8. The molecule has 0 spiro atoms. The van der Waals surface area contributed by atoms with Gasteiger partial charge in [0.2, 0.25) is 11.7 Å². The van der Waals surface area contributed by atoms with E-state index >= 15 is 0 Å². The molecule has 42 heavy (non-hydrogen) atoms. The summed E-state index contributed by atoms with van der Waals surface area (Å²) in [6.07, 6.45) is 3.96. The number of carbonyl (C=O) groups is 2. The number of ketones is 1. The van der Waals surface area contributed by atoms with E-state index in [0.29, 0.717) is 57.2 Å². The Labute approximate surface area is 247 Å². The molecule has 0 saturated carbocycles. The summed E-state index contributed by atoms with van der Waals surface area (Å²) in [7, 11) is 2.09. The van der Waals surface area contributed by atoms with E-state index in [1.165, 1.54) is 6.08 Å². The zero-order valence-corrected chi connectivity index (χ0v) is 24.8. The van der Waals surface area contributed by atoms with Crippen LogP contribution in [0.25, 0.3) is 0 Å². The van der Waals surface area contributed by atoms with Crippen molar-refractivity contribution in [1.29, 1.82) is 5.26 Å². The van der Waals surface area contributed by atoms with Crippen molar-refractivity contribution in [3.05, 3.63) is 58.8 Å². The maximum absolute atomic E-state index is 14.1. The summed E-state index contributed by atoms with van der Waals surface area (Å²) in [5.41, 5.74) is 4.41. The number of likely N-dealkylation sites (N-methyl/N-ethyl adjacent to an activating group) is 1. The minimum Gasteiger partial charge on any atom is -0.462 e. The van der Waals surface area contributed by atoms with Gasteiger partial charge in [-0.25, -0.2) is 0 Å². The van der Waals surface area contributed by atoms with Crippen molar-refractivity contribution in [2.24, 2.45) is 0 Å². The molecule has 2 unspecified atom stereocenters. The number of nitriles is 1. The SMILES string of the molecule is C=CC(=O)N1CCN(c2nc(OCC3CCCN3C)nc(C(=O)[C@H]3Cc4cc(C)ccc4CO3)c2CC)CC1CC#N. The average molecular weight is 573 g/mol. The Morgan fingerprint density at radius 3 is 2.76 bits per heavy atom. The van der Waals surface area contributed by atoms with Crippen molar-refractivity contribution in [3.63, 3.8) is 0 Å². The average Bonchev–Trinajstić information content (AvgIpc) is 3.42. The summed E-state index contributed by atoms with van der Waals surface area (Å²) in [6.45, 7) is 10.8. The Morgan fingerprint density at radius 2 is 2.05 bits per heavy atom. The number of likely N-dealkylation sites (tertiary alicyclic amines) is 1. The van der Waals surface area contributed by atoms with Gasteiger partial charge in [0.1, 0.15) is 24.2 Å². The lowest BCUT2D eigenvalue weighted by molar-refractivity contribution is -0.128. The summed E-state index contributed by atoms with van der Waals surface area (Å²) >= 11 is 0. The minimum absolute atomic E-state index is 0.166. The monoisotopic (exact) mass is 572 g/mol. The first kappa shape index (κ1) is 29.7. The van der Waals surface area contributed by atoms with Crippen molar-refractivity contribution in [3.8, 4) is 12.1 Å². The number of nitrogens with zero attached hydrogens (tertiary/aromatic N) is 6. The van der Waals surface area contributed by atoms with Gasteiger partial charge in [-0.3, -0.25) is 9.59 Å². The third-order valence-electron chi connectivity index (χ3n) is 8.69. The predicted molar refractivity (Wildman–Crippen MR) is 158 cm³/mol. The molecule has 3 aliphatic rings. The summed E-state index contributed by atoms with van der Waals surface area (Å²) in [5, 5.41) is 9.50. The van der Waals surface area contributed by atoms with Crippen molar-refractivity contribution < 1.29 is 19.1 Å². The molecular weight excluding hydrogens is 532 g/mol. The molecule has 5 rings (SSSR count). The first-order valence-corrected chi connectivity index (χ1v) is 14.9.